The van der Waals surface area contributed by atoms with Crippen LogP contribution in [0.1, 0.15) is 23.2 Å². The highest BCUT2D eigenvalue weighted by atomic mass is 16.5. The minimum Gasteiger partial charge on any atom is -0.381 e. The van der Waals surface area contributed by atoms with E-state index >= 15 is 0 Å². The zero-order valence-electron chi connectivity index (χ0n) is 10.9. The average molecular weight is 252 g/mol. The zero-order valence-corrected chi connectivity index (χ0v) is 10.9. The molecule has 1 aliphatic rings. The van der Waals surface area contributed by atoms with E-state index in [1.54, 1.807) is 31.2 Å². The number of aromatic nitrogens is 2. The van der Waals surface area contributed by atoms with Gasteiger partial charge >= 0.3 is 0 Å². The molecule has 18 heavy (non-hydrogen) atoms. The van der Waals surface area contributed by atoms with Gasteiger partial charge in [-0.15, -0.1) is 0 Å². The Hall–Kier alpha value is -1.40. The first-order chi connectivity index (χ1) is 8.65. The standard InChI is InChI=1S/C12H20N4O2/c1-15-8-9(7-14-15)12(17)16-4-3-11(18-2)5-10(16)6-13/h7-8,10-11H,3-6,13H2,1-2H3. The highest BCUT2D eigenvalue weighted by Gasteiger charge is 2.31. The molecule has 6 nitrogen and oxygen atoms in total. The molecule has 1 amide bonds. The topological polar surface area (TPSA) is 73.4 Å². The molecule has 0 aromatic carbocycles. The maximum atomic E-state index is 12.4. The van der Waals surface area contributed by atoms with Crippen LogP contribution in [-0.4, -0.2) is 52.9 Å². The second-order valence-corrected chi connectivity index (χ2v) is 4.67. The lowest BCUT2D eigenvalue weighted by Gasteiger charge is -2.38. The monoisotopic (exact) mass is 252 g/mol. The lowest BCUT2D eigenvalue weighted by atomic mass is 9.98. The summed E-state index contributed by atoms with van der Waals surface area (Å²) in [7, 11) is 3.51. The van der Waals surface area contributed by atoms with E-state index in [9.17, 15) is 4.79 Å². The first-order valence-corrected chi connectivity index (χ1v) is 6.18. The molecule has 2 atom stereocenters. The molecule has 6 heteroatoms. The number of nitrogens with zero attached hydrogens (tertiary/aromatic N) is 3. The lowest BCUT2D eigenvalue weighted by molar-refractivity contribution is 0.0139. The molecule has 1 aromatic heterocycles. The number of ether oxygens (including phenoxy) is 1. The molecule has 0 saturated carbocycles. The van der Waals surface area contributed by atoms with E-state index in [-0.39, 0.29) is 18.1 Å². The van der Waals surface area contributed by atoms with Gasteiger partial charge in [-0.3, -0.25) is 9.48 Å². The van der Waals surface area contributed by atoms with E-state index in [0.717, 1.165) is 12.8 Å². The van der Waals surface area contributed by atoms with Crippen molar-refractivity contribution in [1.82, 2.24) is 14.7 Å². The van der Waals surface area contributed by atoms with Gasteiger partial charge in [-0.25, -0.2) is 0 Å². The van der Waals surface area contributed by atoms with Crippen molar-refractivity contribution < 1.29 is 9.53 Å². The summed E-state index contributed by atoms with van der Waals surface area (Å²) in [4.78, 5) is 14.2. The summed E-state index contributed by atoms with van der Waals surface area (Å²) in [5.41, 5.74) is 6.38. The van der Waals surface area contributed by atoms with Gasteiger partial charge in [0.2, 0.25) is 0 Å². The average Bonchev–Trinajstić information content (AvgIpc) is 2.83. The fourth-order valence-corrected chi connectivity index (χ4v) is 2.42. The van der Waals surface area contributed by atoms with E-state index in [0.29, 0.717) is 18.7 Å². The van der Waals surface area contributed by atoms with Gasteiger partial charge in [0.1, 0.15) is 0 Å². The largest absolute Gasteiger partial charge is 0.381 e. The Morgan fingerprint density at radius 3 is 3.00 bits per heavy atom. The Bertz CT molecular complexity index is 418. The molecule has 100 valence electrons. The minimum absolute atomic E-state index is 0.00750. The molecular formula is C12H20N4O2. The van der Waals surface area contributed by atoms with Crippen LogP contribution in [-0.2, 0) is 11.8 Å². The highest BCUT2D eigenvalue weighted by molar-refractivity contribution is 5.94. The van der Waals surface area contributed by atoms with Gasteiger partial charge in [0.25, 0.3) is 5.91 Å². The molecule has 2 N–H and O–H groups in total. The van der Waals surface area contributed by atoms with Crippen LogP contribution in [0, 0.1) is 0 Å². The van der Waals surface area contributed by atoms with E-state index in [2.05, 4.69) is 5.10 Å². The Kier molecular flexibility index (Phi) is 3.98. The Labute approximate surface area is 107 Å². The number of piperidine rings is 1. The van der Waals surface area contributed by atoms with Crippen LogP contribution < -0.4 is 5.73 Å². The summed E-state index contributed by atoms with van der Waals surface area (Å²) in [6.07, 6.45) is 5.20. The van der Waals surface area contributed by atoms with Crippen molar-refractivity contribution in [2.45, 2.75) is 25.0 Å². The number of likely N-dealkylation sites (tertiary alicyclic amines) is 1. The maximum absolute atomic E-state index is 12.4. The molecule has 1 saturated heterocycles. The summed E-state index contributed by atoms with van der Waals surface area (Å²) < 4.78 is 6.98. The summed E-state index contributed by atoms with van der Waals surface area (Å²) in [5, 5.41) is 4.03. The third kappa shape index (κ3) is 2.54. The smallest absolute Gasteiger partial charge is 0.257 e. The summed E-state index contributed by atoms with van der Waals surface area (Å²) in [5.74, 6) is 0.00750. The summed E-state index contributed by atoms with van der Waals surface area (Å²) in [6, 6.07) is 0.0522. The van der Waals surface area contributed by atoms with Gasteiger partial charge in [0, 0.05) is 39.5 Å². The lowest BCUT2D eigenvalue weighted by Crippen LogP contribution is -2.51. The highest BCUT2D eigenvalue weighted by Crippen LogP contribution is 2.21. The molecule has 2 unspecified atom stereocenters. The number of hydrogen-bond donors (Lipinski definition) is 1. The van der Waals surface area contributed by atoms with Crippen molar-refractivity contribution in [2.24, 2.45) is 12.8 Å². The number of nitrogens with two attached hydrogens (primary N) is 1. The third-order valence-corrected chi connectivity index (χ3v) is 3.49. The zero-order chi connectivity index (χ0) is 13.1. The van der Waals surface area contributed by atoms with Crippen molar-refractivity contribution in [2.75, 3.05) is 20.2 Å². The van der Waals surface area contributed by atoms with Crippen LogP contribution >= 0.6 is 0 Å². The first-order valence-electron chi connectivity index (χ1n) is 6.18. The van der Waals surface area contributed by atoms with Crippen molar-refractivity contribution >= 4 is 5.91 Å². The van der Waals surface area contributed by atoms with Gasteiger partial charge < -0.3 is 15.4 Å². The van der Waals surface area contributed by atoms with Crippen LogP contribution in [0.5, 0.6) is 0 Å². The Balaban J connectivity index is 2.10. The van der Waals surface area contributed by atoms with E-state index in [1.165, 1.54) is 0 Å². The van der Waals surface area contributed by atoms with Crippen LogP contribution in [0.4, 0.5) is 0 Å². The number of aryl methyl sites for hydroxylation is 1. The van der Waals surface area contributed by atoms with Gasteiger partial charge in [0.15, 0.2) is 0 Å². The maximum Gasteiger partial charge on any atom is 0.257 e. The second-order valence-electron chi connectivity index (χ2n) is 4.67. The van der Waals surface area contributed by atoms with Gasteiger partial charge in [0.05, 0.1) is 17.9 Å². The fourth-order valence-electron chi connectivity index (χ4n) is 2.42. The number of carbonyl (C=O) groups is 1. The molecule has 0 bridgehead atoms. The molecule has 0 aliphatic carbocycles. The fraction of sp³-hybridized carbons (Fsp3) is 0.667. The predicted molar refractivity (Wildman–Crippen MR) is 67.1 cm³/mol. The molecule has 0 radical (unpaired) electrons. The van der Waals surface area contributed by atoms with E-state index < -0.39 is 0 Å². The molecule has 2 heterocycles. The normalized spacial score (nSPS) is 24.3. The van der Waals surface area contributed by atoms with Gasteiger partial charge in [-0.05, 0) is 12.8 Å². The molecule has 1 aliphatic heterocycles. The third-order valence-electron chi connectivity index (χ3n) is 3.49. The molecule has 1 aromatic rings. The van der Waals surface area contributed by atoms with E-state index in [1.807, 2.05) is 4.90 Å². The Morgan fingerprint density at radius 2 is 2.44 bits per heavy atom. The van der Waals surface area contributed by atoms with Crippen molar-refractivity contribution in [3.8, 4) is 0 Å². The van der Waals surface area contributed by atoms with Gasteiger partial charge in [-0.2, -0.15) is 5.10 Å². The predicted octanol–water partition coefficient (Wildman–Crippen LogP) is -0.00160. The molecule has 2 rings (SSSR count). The minimum atomic E-state index is 0.00750. The summed E-state index contributed by atoms with van der Waals surface area (Å²) in [6.45, 7) is 1.15. The molecular weight excluding hydrogens is 232 g/mol. The van der Waals surface area contributed by atoms with Crippen LogP contribution in [0.15, 0.2) is 12.4 Å². The SMILES string of the molecule is COC1CCN(C(=O)c2cnn(C)c2)C(CN)C1. The van der Waals surface area contributed by atoms with E-state index in [4.69, 9.17) is 10.5 Å². The van der Waals surface area contributed by atoms with Crippen LogP contribution in [0.3, 0.4) is 0 Å². The quantitative estimate of drug-likeness (QED) is 0.821. The first kappa shape index (κ1) is 13.0. The van der Waals surface area contributed by atoms with Gasteiger partial charge in [-0.1, -0.05) is 0 Å². The number of rotatable bonds is 3. The van der Waals surface area contributed by atoms with Crippen molar-refractivity contribution in [3.63, 3.8) is 0 Å². The molecule has 0 spiro atoms. The van der Waals surface area contributed by atoms with Crippen molar-refractivity contribution in [3.05, 3.63) is 18.0 Å². The number of hydrogen-bond acceptors (Lipinski definition) is 4. The number of amides is 1. The van der Waals surface area contributed by atoms with Crippen LogP contribution in [0.25, 0.3) is 0 Å². The summed E-state index contributed by atoms with van der Waals surface area (Å²) >= 11 is 0. The van der Waals surface area contributed by atoms with Crippen molar-refractivity contribution in [1.29, 1.82) is 0 Å². The molecule has 1 fully saturated rings. The second kappa shape index (κ2) is 5.49. The number of carbonyl (C=O) groups excluding carboxylic acids is 1. The number of methoxy groups -OCH3 is 1. The van der Waals surface area contributed by atoms with Crippen LogP contribution in [0.2, 0.25) is 0 Å². The Morgan fingerprint density at radius 1 is 1.67 bits per heavy atom.